The lowest BCUT2D eigenvalue weighted by Gasteiger charge is -2.10. The van der Waals surface area contributed by atoms with Crippen molar-refractivity contribution in [2.75, 3.05) is 0 Å². The zero-order valence-electron chi connectivity index (χ0n) is 9.21. The van der Waals surface area contributed by atoms with Crippen LogP contribution in [0.15, 0.2) is 24.3 Å². The molecule has 1 saturated carbocycles. The lowest BCUT2D eigenvalue weighted by molar-refractivity contribution is -0.124. The van der Waals surface area contributed by atoms with Gasteiger partial charge in [-0.25, -0.2) is 0 Å². The zero-order chi connectivity index (χ0) is 11.4. The van der Waals surface area contributed by atoms with Crippen LogP contribution in [-0.4, -0.2) is 5.91 Å². The Balaban J connectivity index is 1.84. The maximum Gasteiger partial charge on any atom is 0.223 e. The van der Waals surface area contributed by atoms with Crippen molar-refractivity contribution in [3.8, 4) is 0 Å². The van der Waals surface area contributed by atoms with Crippen molar-refractivity contribution in [1.29, 1.82) is 0 Å². The number of hydrogen-bond donors (Lipinski definition) is 1. The summed E-state index contributed by atoms with van der Waals surface area (Å²) in [6, 6.07) is 7.60. The maximum absolute atomic E-state index is 11.8. The third-order valence-electron chi connectivity index (χ3n) is 3.08. The highest BCUT2D eigenvalue weighted by Crippen LogP contribution is 2.24. The Morgan fingerprint density at radius 3 is 2.81 bits per heavy atom. The first-order chi connectivity index (χ1) is 7.75. The normalized spacial score (nSPS) is 16.3. The van der Waals surface area contributed by atoms with E-state index in [1.807, 2.05) is 24.3 Å². The second-order valence-corrected chi connectivity index (χ2v) is 4.77. The molecule has 0 saturated heterocycles. The van der Waals surface area contributed by atoms with Gasteiger partial charge >= 0.3 is 0 Å². The minimum Gasteiger partial charge on any atom is -0.352 e. The summed E-state index contributed by atoms with van der Waals surface area (Å²) in [6.07, 6.45) is 4.47. The van der Waals surface area contributed by atoms with E-state index in [0.717, 1.165) is 18.4 Å². The SMILES string of the molecule is O=C(NCc1cccc(Cl)c1)C1CCCC1. The van der Waals surface area contributed by atoms with Crippen molar-refractivity contribution < 1.29 is 4.79 Å². The summed E-state index contributed by atoms with van der Waals surface area (Å²) >= 11 is 5.87. The van der Waals surface area contributed by atoms with Gasteiger partial charge in [-0.1, -0.05) is 36.6 Å². The number of carbonyl (C=O) groups excluding carboxylic acids is 1. The molecular formula is C13H16ClNO. The predicted molar refractivity (Wildman–Crippen MR) is 65.3 cm³/mol. The Labute approximate surface area is 101 Å². The highest BCUT2D eigenvalue weighted by Gasteiger charge is 2.21. The van der Waals surface area contributed by atoms with E-state index in [9.17, 15) is 4.79 Å². The molecule has 2 nitrogen and oxygen atoms in total. The Hall–Kier alpha value is -1.02. The van der Waals surface area contributed by atoms with E-state index in [4.69, 9.17) is 11.6 Å². The average Bonchev–Trinajstić information content (AvgIpc) is 2.79. The first kappa shape index (κ1) is 11.5. The molecule has 86 valence electrons. The molecule has 1 fully saturated rings. The third-order valence-corrected chi connectivity index (χ3v) is 3.32. The number of hydrogen-bond acceptors (Lipinski definition) is 1. The number of halogens is 1. The minimum absolute atomic E-state index is 0.192. The van der Waals surface area contributed by atoms with Crippen LogP contribution in [0.4, 0.5) is 0 Å². The van der Waals surface area contributed by atoms with Crippen LogP contribution in [0.3, 0.4) is 0 Å². The summed E-state index contributed by atoms with van der Waals surface area (Å²) in [4.78, 5) is 11.8. The first-order valence-electron chi connectivity index (χ1n) is 5.78. The van der Waals surface area contributed by atoms with Gasteiger partial charge in [0.25, 0.3) is 0 Å². The van der Waals surface area contributed by atoms with Gasteiger partial charge in [0.05, 0.1) is 0 Å². The summed E-state index contributed by atoms with van der Waals surface area (Å²) < 4.78 is 0. The summed E-state index contributed by atoms with van der Waals surface area (Å²) in [7, 11) is 0. The molecule has 1 aromatic rings. The molecule has 0 unspecified atom stereocenters. The summed E-state index contributed by atoms with van der Waals surface area (Å²) in [5, 5.41) is 3.69. The van der Waals surface area contributed by atoms with Gasteiger partial charge in [-0.3, -0.25) is 4.79 Å². The fraction of sp³-hybridized carbons (Fsp3) is 0.462. The van der Waals surface area contributed by atoms with Crippen molar-refractivity contribution in [3.05, 3.63) is 34.9 Å². The minimum atomic E-state index is 0.192. The van der Waals surface area contributed by atoms with E-state index < -0.39 is 0 Å². The number of nitrogens with one attached hydrogen (secondary N) is 1. The Kier molecular flexibility index (Phi) is 3.83. The molecule has 3 heteroatoms. The van der Waals surface area contributed by atoms with Crippen LogP contribution in [0.25, 0.3) is 0 Å². The molecule has 0 bridgehead atoms. The van der Waals surface area contributed by atoms with Crippen LogP contribution in [0.1, 0.15) is 31.2 Å². The topological polar surface area (TPSA) is 29.1 Å². The van der Waals surface area contributed by atoms with E-state index in [-0.39, 0.29) is 11.8 Å². The average molecular weight is 238 g/mol. The van der Waals surface area contributed by atoms with E-state index in [1.54, 1.807) is 0 Å². The van der Waals surface area contributed by atoms with Crippen LogP contribution < -0.4 is 5.32 Å². The van der Waals surface area contributed by atoms with Crippen molar-refractivity contribution in [3.63, 3.8) is 0 Å². The largest absolute Gasteiger partial charge is 0.352 e. The lowest BCUT2D eigenvalue weighted by atomic mass is 10.1. The monoisotopic (exact) mass is 237 g/mol. The molecule has 2 rings (SSSR count). The molecule has 0 heterocycles. The van der Waals surface area contributed by atoms with Crippen LogP contribution in [0.2, 0.25) is 5.02 Å². The lowest BCUT2D eigenvalue weighted by Crippen LogP contribution is -2.28. The quantitative estimate of drug-likeness (QED) is 0.860. The van der Waals surface area contributed by atoms with Crippen LogP contribution in [0, 0.1) is 5.92 Å². The van der Waals surface area contributed by atoms with Gasteiger partial charge < -0.3 is 5.32 Å². The van der Waals surface area contributed by atoms with Gasteiger partial charge in [0, 0.05) is 17.5 Å². The molecule has 1 aromatic carbocycles. The molecular weight excluding hydrogens is 222 g/mol. The van der Waals surface area contributed by atoms with Crippen molar-refractivity contribution in [2.24, 2.45) is 5.92 Å². The Bertz CT molecular complexity index is 372. The molecule has 1 amide bonds. The molecule has 0 radical (unpaired) electrons. The van der Waals surface area contributed by atoms with E-state index in [1.165, 1.54) is 12.8 Å². The van der Waals surface area contributed by atoms with Crippen molar-refractivity contribution >= 4 is 17.5 Å². The van der Waals surface area contributed by atoms with Crippen LogP contribution in [-0.2, 0) is 11.3 Å². The molecule has 0 spiro atoms. The van der Waals surface area contributed by atoms with Crippen LogP contribution in [0.5, 0.6) is 0 Å². The second kappa shape index (κ2) is 5.35. The Morgan fingerprint density at radius 1 is 1.38 bits per heavy atom. The first-order valence-corrected chi connectivity index (χ1v) is 6.15. The highest BCUT2D eigenvalue weighted by atomic mass is 35.5. The van der Waals surface area contributed by atoms with Gasteiger partial charge in [0.2, 0.25) is 5.91 Å². The van der Waals surface area contributed by atoms with Crippen molar-refractivity contribution in [2.45, 2.75) is 32.2 Å². The standard InChI is InChI=1S/C13H16ClNO/c14-12-7-3-4-10(8-12)9-15-13(16)11-5-1-2-6-11/h3-4,7-8,11H,1-2,5-6,9H2,(H,15,16). The van der Waals surface area contributed by atoms with Gasteiger partial charge in [0.1, 0.15) is 0 Å². The van der Waals surface area contributed by atoms with E-state index >= 15 is 0 Å². The van der Waals surface area contributed by atoms with E-state index in [0.29, 0.717) is 11.6 Å². The van der Waals surface area contributed by atoms with Gasteiger partial charge in [0.15, 0.2) is 0 Å². The number of carbonyl (C=O) groups is 1. The summed E-state index contributed by atoms with van der Waals surface area (Å²) in [5.74, 6) is 0.427. The summed E-state index contributed by atoms with van der Waals surface area (Å²) in [5.41, 5.74) is 1.05. The highest BCUT2D eigenvalue weighted by molar-refractivity contribution is 6.30. The fourth-order valence-electron chi connectivity index (χ4n) is 2.17. The van der Waals surface area contributed by atoms with Crippen molar-refractivity contribution in [1.82, 2.24) is 5.32 Å². The number of benzene rings is 1. The third kappa shape index (κ3) is 2.99. The zero-order valence-corrected chi connectivity index (χ0v) is 9.96. The maximum atomic E-state index is 11.8. The number of rotatable bonds is 3. The summed E-state index contributed by atoms with van der Waals surface area (Å²) in [6.45, 7) is 0.579. The predicted octanol–water partition coefficient (Wildman–Crippen LogP) is 3.15. The van der Waals surface area contributed by atoms with Crippen LogP contribution >= 0.6 is 11.6 Å². The molecule has 1 aliphatic carbocycles. The smallest absolute Gasteiger partial charge is 0.223 e. The molecule has 0 aliphatic heterocycles. The van der Waals surface area contributed by atoms with E-state index in [2.05, 4.69) is 5.32 Å². The Morgan fingerprint density at radius 2 is 2.12 bits per heavy atom. The molecule has 1 N–H and O–H groups in total. The van der Waals surface area contributed by atoms with Gasteiger partial charge in [-0.2, -0.15) is 0 Å². The molecule has 16 heavy (non-hydrogen) atoms. The molecule has 0 aromatic heterocycles. The van der Waals surface area contributed by atoms with Gasteiger partial charge in [-0.05, 0) is 30.5 Å². The molecule has 1 aliphatic rings. The second-order valence-electron chi connectivity index (χ2n) is 4.33. The molecule has 0 atom stereocenters. The fourth-order valence-corrected chi connectivity index (χ4v) is 2.38. The van der Waals surface area contributed by atoms with Gasteiger partial charge in [-0.15, -0.1) is 0 Å². The number of amides is 1.